The Morgan fingerprint density at radius 1 is 1.62 bits per heavy atom. The molecule has 0 aromatic carbocycles. The van der Waals surface area contributed by atoms with Crippen molar-refractivity contribution in [3.63, 3.8) is 0 Å². The van der Waals surface area contributed by atoms with Crippen LogP contribution in [0.1, 0.15) is 33.6 Å². The molecule has 1 unspecified atom stereocenters. The van der Waals surface area contributed by atoms with Crippen LogP contribution in [0.25, 0.3) is 0 Å². The fraction of sp³-hybridized carbons (Fsp3) is 0.636. The lowest BCUT2D eigenvalue weighted by molar-refractivity contribution is -0.116. The quantitative estimate of drug-likeness (QED) is 0.818. The van der Waals surface area contributed by atoms with Crippen molar-refractivity contribution in [1.82, 2.24) is 5.16 Å². The zero-order chi connectivity index (χ0) is 12.2. The maximum absolute atomic E-state index is 11.5. The summed E-state index contributed by atoms with van der Waals surface area (Å²) in [7, 11) is 0. The van der Waals surface area contributed by atoms with Crippen LogP contribution >= 0.6 is 0 Å². The average Bonchev–Trinajstić information content (AvgIpc) is 2.51. The first kappa shape index (κ1) is 12.7. The van der Waals surface area contributed by atoms with Gasteiger partial charge in [-0.3, -0.25) is 4.79 Å². The van der Waals surface area contributed by atoms with Crippen LogP contribution in [0.5, 0.6) is 0 Å². The Balaban J connectivity index is 2.34. The van der Waals surface area contributed by atoms with Gasteiger partial charge < -0.3 is 15.6 Å². The summed E-state index contributed by atoms with van der Waals surface area (Å²) < 4.78 is 4.60. The molecular formula is C11H19N3O2. The lowest BCUT2D eigenvalue weighted by Gasteiger charge is -2.22. The van der Waals surface area contributed by atoms with Gasteiger partial charge in [0.25, 0.3) is 0 Å². The van der Waals surface area contributed by atoms with E-state index in [-0.39, 0.29) is 17.4 Å². The normalized spacial score (nSPS) is 13.5. The van der Waals surface area contributed by atoms with Crippen molar-refractivity contribution >= 4 is 11.7 Å². The minimum atomic E-state index is -0.134. The van der Waals surface area contributed by atoms with Crippen LogP contribution in [-0.4, -0.2) is 17.1 Å². The molecule has 3 N–H and O–H groups in total. The van der Waals surface area contributed by atoms with Gasteiger partial charge in [-0.05, 0) is 11.8 Å². The van der Waals surface area contributed by atoms with Gasteiger partial charge in [0.2, 0.25) is 5.91 Å². The monoisotopic (exact) mass is 225 g/mol. The van der Waals surface area contributed by atoms with Crippen LogP contribution in [0.3, 0.4) is 0 Å². The highest BCUT2D eigenvalue weighted by Gasteiger charge is 2.18. The predicted molar refractivity (Wildman–Crippen MR) is 61.8 cm³/mol. The molecule has 90 valence electrons. The second kappa shape index (κ2) is 5.12. The van der Waals surface area contributed by atoms with Crippen LogP contribution < -0.4 is 11.1 Å². The highest BCUT2D eigenvalue weighted by molar-refractivity contribution is 5.89. The predicted octanol–water partition coefficient (Wildman–Crippen LogP) is 1.77. The van der Waals surface area contributed by atoms with Crippen LogP contribution in [0.15, 0.2) is 16.9 Å². The number of rotatable bonds is 4. The Morgan fingerprint density at radius 3 is 2.81 bits per heavy atom. The number of nitrogens with two attached hydrogens (primary N) is 1. The largest absolute Gasteiger partial charge is 0.363 e. The molecule has 0 fully saturated rings. The molecule has 0 aliphatic heterocycles. The van der Waals surface area contributed by atoms with E-state index in [9.17, 15) is 4.79 Å². The SMILES string of the molecule is CC(C)(C)CC(N)CC(=O)Nc1ccon1. The van der Waals surface area contributed by atoms with E-state index in [1.807, 2.05) is 0 Å². The zero-order valence-electron chi connectivity index (χ0n) is 9.99. The third kappa shape index (κ3) is 4.93. The molecule has 1 atom stereocenters. The molecule has 0 spiro atoms. The molecule has 1 aromatic heterocycles. The number of hydrogen-bond acceptors (Lipinski definition) is 4. The van der Waals surface area contributed by atoms with E-state index in [4.69, 9.17) is 5.73 Å². The fourth-order valence-electron chi connectivity index (χ4n) is 1.57. The number of anilines is 1. The van der Waals surface area contributed by atoms with Crippen molar-refractivity contribution in [1.29, 1.82) is 0 Å². The topological polar surface area (TPSA) is 81.2 Å². The molecule has 0 bridgehead atoms. The Morgan fingerprint density at radius 2 is 2.31 bits per heavy atom. The first-order valence-corrected chi connectivity index (χ1v) is 5.32. The van der Waals surface area contributed by atoms with Gasteiger partial charge in [0, 0.05) is 18.5 Å². The van der Waals surface area contributed by atoms with Crippen molar-refractivity contribution < 1.29 is 9.32 Å². The summed E-state index contributed by atoms with van der Waals surface area (Å²) in [5.74, 6) is 0.290. The lowest BCUT2D eigenvalue weighted by Crippen LogP contribution is -2.31. The molecule has 1 heterocycles. The van der Waals surface area contributed by atoms with E-state index >= 15 is 0 Å². The van der Waals surface area contributed by atoms with Crippen molar-refractivity contribution in [3.05, 3.63) is 12.3 Å². The van der Waals surface area contributed by atoms with Gasteiger partial charge in [-0.1, -0.05) is 25.9 Å². The average molecular weight is 225 g/mol. The highest BCUT2D eigenvalue weighted by atomic mass is 16.5. The summed E-state index contributed by atoms with van der Waals surface area (Å²) in [5, 5.41) is 6.21. The molecule has 1 rings (SSSR count). The van der Waals surface area contributed by atoms with Crippen molar-refractivity contribution in [2.24, 2.45) is 11.1 Å². The first-order valence-electron chi connectivity index (χ1n) is 5.32. The summed E-state index contributed by atoms with van der Waals surface area (Å²) in [5.41, 5.74) is 6.02. The van der Waals surface area contributed by atoms with Crippen LogP contribution in [0.4, 0.5) is 5.82 Å². The standard InChI is InChI=1S/C11H19N3O2/c1-11(2,3)7-8(12)6-10(15)13-9-4-5-16-14-9/h4-5,8H,6-7,12H2,1-3H3,(H,13,14,15). The van der Waals surface area contributed by atoms with Crippen LogP contribution in [-0.2, 0) is 4.79 Å². The number of nitrogens with one attached hydrogen (secondary N) is 1. The molecule has 1 aromatic rings. The van der Waals surface area contributed by atoms with Gasteiger partial charge in [0.05, 0.1) is 0 Å². The number of nitrogens with zero attached hydrogens (tertiary/aromatic N) is 1. The highest BCUT2D eigenvalue weighted by Crippen LogP contribution is 2.21. The van der Waals surface area contributed by atoms with Gasteiger partial charge in [-0.2, -0.15) is 0 Å². The summed E-state index contributed by atoms with van der Waals surface area (Å²) in [6.45, 7) is 6.30. The molecule has 16 heavy (non-hydrogen) atoms. The Hall–Kier alpha value is -1.36. The third-order valence-electron chi connectivity index (χ3n) is 2.03. The maximum atomic E-state index is 11.5. The van der Waals surface area contributed by atoms with Gasteiger partial charge >= 0.3 is 0 Å². The van der Waals surface area contributed by atoms with Gasteiger partial charge in [0.1, 0.15) is 6.26 Å². The van der Waals surface area contributed by atoms with E-state index < -0.39 is 0 Å². The second-order valence-corrected chi connectivity index (χ2v) is 5.16. The molecular weight excluding hydrogens is 206 g/mol. The number of aromatic nitrogens is 1. The maximum Gasteiger partial charge on any atom is 0.227 e. The number of hydrogen-bond donors (Lipinski definition) is 2. The Kier molecular flexibility index (Phi) is 4.06. The summed E-state index contributed by atoms with van der Waals surface area (Å²) in [6, 6.07) is 1.46. The third-order valence-corrected chi connectivity index (χ3v) is 2.03. The van der Waals surface area contributed by atoms with E-state index in [0.717, 1.165) is 6.42 Å². The molecule has 0 aliphatic rings. The molecule has 0 saturated heterocycles. The Bertz CT molecular complexity index is 327. The molecule has 0 radical (unpaired) electrons. The molecule has 5 nitrogen and oxygen atoms in total. The minimum absolute atomic E-state index is 0.132. The van der Waals surface area contributed by atoms with Gasteiger partial charge in [-0.25, -0.2) is 0 Å². The summed E-state index contributed by atoms with van der Waals surface area (Å²) >= 11 is 0. The van der Waals surface area contributed by atoms with Crippen molar-refractivity contribution in [2.45, 2.75) is 39.7 Å². The van der Waals surface area contributed by atoms with E-state index in [1.165, 1.54) is 6.26 Å². The minimum Gasteiger partial charge on any atom is -0.363 e. The van der Waals surface area contributed by atoms with Crippen molar-refractivity contribution in [3.8, 4) is 0 Å². The van der Waals surface area contributed by atoms with E-state index in [1.54, 1.807) is 6.07 Å². The molecule has 1 amide bonds. The van der Waals surface area contributed by atoms with Crippen molar-refractivity contribution in [2.75, 3.05) is 5.32 Å². The summed E-state index contributed by atoms with van der Waals surface area (Å²) in [4.78, 5) is 11.5. The molecule has 0 saturated carbocycles. The summed E-state index contributed by atoms with van der Waals surface area (Å²) in [6.07, 6.45) is 2.51. The molecule has 5 heteroatoms. The van der Waals surface area contributed by atoms with Gasteiger partial charge in [0.15, 0.2) is 5.82 Å². The lowest BCUT2D eigenvalue weighted by atomic mass is 9.87. The number of carbonyl (C=O) groups excluding carboxylic acids is 1. The number of amides is 1. The van der Waals surface area contributed by atoms with Crippen LogP contribution in [0, 0.1) is 5.41 Å². The first-order chi connectivity index (χ1) is 7.37. The second-order valence-electron chi connectivity index (χ2n) is 5.16. The van der Waals surface area contributed by atoms with E-state index in [0.29, 0.717) is 12.2 Å². The smallest absolute Gasteiger partial charge is 0.227 e. The van der Waals surface area contributed by atoms with E-state index in [2.05, 4.69) is 35.8 Å². The Labute approximate surface area is 95.4 Å². The van der Waals surface area contributed by atoms with Crippen LogP contribution in [0.2, 0.25) is 0 Å². The zero-order valence-corrected chi connectivity index (χ0v) is 9.99. The number of carbonyl (C=O) groups is 1. The molecule has 0 aliphatic carbocycles. The fourth-order valence-corrected chi connectivity index (χ4v) is 1.57. The van der Waals surface area contributed by atoms with Gasteiger partial charge in [-0.15, -0.1) is 0 Å².